The van der Waals surface area contributed by atoms with E-state index in [1.165, 1.54) is 14.2 Å². The first kappa shape index (κ1) is 20.9. The van der Waals surface area contributed by atoms with Crippen molar-refractivity contribution in [2.75, 3.05) is 45.4 Å². The number of hydrogen-bond acceptors (Lipinski definition) is 7. The minimum atomic E-state index is -0.0919. The van der Waals surface area contributed by atoms with Crippen molar-refractivity contribution in [3.8, 4) is 22.6 Å². The van der Waals surface area contributed by atoms with E-state index in [1.54, 1.807) is 22.9 Å². The Labute approximate surface area is 180 Å². The average molecular weight is 423 g/mol. The van der Waals surface area contributed by atoms with Gasteiger partial charge < -0.3 is 23.7 Å². The van der Waals surface area contributed by atoms with Crippen molar-refractivity contribution in [3.05, 3.63) is 46.5 Å². The van der Waals surface area contributed by atoms with Crippen LogP contribution in [0.5, 0.6) is 11.5 Å². The summed E-state index contributed by atoms with van der Waals surface area (Å²) in [5, 5.41) is 1.32. The van der Waals surface area contributed by atoms with Gasteiger partial charge in [-0.3, -0.25) is 9.59 Å². The number of benzene rings is 1. The lowest BCUT2D eigenvalue weighted by atomic mass is 9.99. The first-order valence-electron chi connectivity index (χ1n) is 10.2. The maximum atomic E-state index is 13.0. The van der Waals surface area contributed by atoms with E-state index in [-0.39, 0.29) is 5.56 Å². The minimum Gasteiger partial charge on any atom is -0.496 e. The van der Waals surface area contributed by atoms with Crippen LogP contribution >= 0.6 is 0 Å². The van der Waals surface area contributed by atoms with Crippen molar-refractivity contribution in [2.45, 2.75) is 13.5 Å². The van der Waals surface area contributed by atoms with Crippen LogP contribution in [0.15, 0.2) is 35.4 Å². The van der Waals surface area contributed by atoms with Gasteiger partial charge in [-0.25, -0.2) is 4.98 Å². The Balaban J connectivity index is 1.99. The second-order valence-corrected chi connectivity index (χ2v) is 7.23. The predicted molar refractivity (Wildman–Crippen MR) is 119 cm³/mol. The molecule has 0 bridgehead atoms. The maximum absolute atomic E-state index is 13.0. The van der Waals surface area contributed by atoms with Crippen molar-refractivity contribution < 1.29 is 19.0 Å². The quantitative estimate of drug-likeness (QED) is 0.564. The van der Waals surface area contributed by atoms with E-state index in [9.17, 15) is 9.59 Å². The summed E-state index contributed by atoms with van der Waals surface area (Å²) in [5.41, 5.74) is 1.87. The van der Waals surface area contributed by atoms with Gasteiger partial charge in [0.05, 0.1) is 38.4 Å². The minimum absolute atomic E-state index is 0.0919. The van der Waals surface area contributed by atoms with Gasteiger partial charge in [-0.15, -0.1) is 0 Å². The predicted octanol–water partition coefficient (Wildman–Crippen LogP) is 2.75. The zero-order valence-corrected chi connectivity index (χ0v) is 17.9. The molecule has 162 valence electrons. The number of ether oxygens (including phenoxy) is 3. The van der Waals surface area contributed by atoms with Gasteiger partial charge in [0.2, 0.25) is 0 Å². The molecule has 0 atom stereocenters. The number of morpholine rings is 1. The van der Waals surface area contributed by atoms with E-state index < -0.39 is 0 Å². The van der Waals surface area contributed by atoms with Gasteiger partial charge in [0.15, 0.2) is 6.29 Å². The van der Waals surface area contributed by atoms with Crippen LogP contribution in [0.2, 0.25) is 0 Å². The lowest BCUT2D eigenvalue weighted by Crippen LogP contribution is -2.36. The van der Waals surface area contributed by atoms with Gasteiger partial charge in [0.1, 0.15) is 17.3 Å². The van der Waals surface area contributed by atoms with Gasteiger partial charge in [-0.05, 0) is 30.7 Å². The largest absolute Gasteiger partial charge is 0.496 e. The Bertz CT molecular complexity index is 1160. The van der Waals surface area contributed by atoms with Crippen molar-refractivity contribution in [3.63, 3.8) is 0 Å². The monoisotopic (exact) mass is 423 g/mol. The van der Waals surface area contributed by atoms with E-state index in [0.29, 0.717) is 48.5 Å². The molecule has 3 heterocycles. The maximum Gasteiger partial charge on any atom is 0.260 e. The molecule has 0 aliphatic carbocycles. The summed E-state index contributed by atoms with van der Waals surface area (Å²) in [7, 11) is 3.02. The first-order valence-corrected chi connectivity index (χ1v) is 10.2. The number of nitrogens with zero attached hydrogens (tertiary/aromatic N) is 3. The van der Waals surface area contributed by atoms with E-state index in [1.807, 2.05) is 19.2 Å². The van der Waals surface area contributed by atoms with Crippen LogP contribution in [0, 0.1) is 0 Å². The number of fused-ring (bicyclic) bond motifs is 1. The standard InChI is InChI=1S/C23H25N3O5/c1-4-25-13-18(15-9-20(29-2)19(14-27)21(10-15)30-3)16-11-22(24-12-17(16)23(25)28)26-5-7-31-8-6-26/h9-14H,4-8H2,1-3H3. The number of pyridine rings is 2. The van der Waals surface area contributed by atoms with Crippen LogP contribution in [0.4, 0.5) is 5.82 Å². The molecule has 8 heteroatoms. The van der Waals surface area contributed by atoms with Crippen LogP contribution in [0.3, 0.4) is 0 Å². The summed E-state index contributed by atoms with van der Waals surface area (Å²) in [4.78, 5) is 31.2. The molecule has 0 unspecified atom stereocenters. The average Bonchev–Trinajstić information content (AvgIpc) is 2.83. The Kier molecular flexibility index (Phi) is 5.90. The van der Waals surface area contributed by atoms with E-state index in [2.05, 4.69) is 9.88 Å². The molecule has 31 heavy (non-hydrogen) atoms. The van der Waals surface area contributed by atoms with Crippen LogP contribution in [0.1, 0.15) is 17.3 Å². The summed E-state index contributed by atoms with van der Waals surface area (Å²) in [6.07, 6.45) is 4.20. The van der Waals surface area contributed by atoms with Crippen LogP contribution in [-0.2, 0) is 11.3 Å². The van der Waals surface area contributed by atoms with Gasteiger partial charge in [-0.2, -0.15) is 0 Å². The summed E-state index contributed by atoms with van der Waals surface area (Å²) in [5.74, 6) is 1.62. The third kappa shape index (κ3) is 3.74. The van der Waals surface area contributed by atoms with Gasteiger partial charge >= 0.3 is 0 Å². The molecule has 0 saturated carbocycles. The first-order chi connectivity index (χ1) is 15.1. The molecule has 4 rings (SSSR count). The summed E-state index contributed by atoms with van der Waals surface area (Å²) >= 11 is 0. The Morgan fingerprint density at radius 2 is 1.77 bits per heavy atom. The van der Waals surface area contributed by atoms with Crippen molar-refractivity contribution >= 4 is 22.9 Å². The number of anilines is 1. The number of rotatable bonds is 6. The Hall–Kier alpha value is -3.39. The molecule has 0 spiro atoms. The number of aryl methyl sites for hydroxylation is 1. The van der Waals surface area contributed by atoms with Gasteiger partial charge in [0, 0.05) is 43.0 Å². The van der Waals surface area contributed by atoms with Crippen molar-refractivity contribution in [1.29, 1.82) is 0 Å². The summed E-state index contributed by atoms with van der Waals surface area (Å²) in [6, 6.07) is 5.53. The molecule has 2 aromatic heterocycles. The lowest BCUT2D eigenvalue weighted by molar-refractivity contribution is 0.111. The summed E-state index contributed by atoms with van der Waals surface area (Å²) in [6.45, 7) is 5.22. The zero-order valence-electron chi connectivity index (χ0n) is 17.9. The third-order valence-corrected chi connectivity index (χ3v) is 5.60. The van der Waals surface area contributed by atoms with Crippen LogP contribution < -0.4 is 19.9 Å². The van der Waals surface area contributed by atoms with E-state index in [4.69, 9.17) is 14.2 Å². The number of aldehydes is 1. The smallest absolute Gasteiger partial charge is 0.260 e. The number of carbonyl (C=O) groups excluding carboxylic acids is 1. The molecule has 1 aliphatic rings. The highest BCUT2D eigenvalue weighted by Gasteiger charge is 2.19. The highest BCUT2D eigenvalue weighted by Crippen LogP contribution is 2.37. The molecule has 0 radical (unpaired) electrons. The van der Waals surface area contributed by atoms with Crippen LogP contribution in [0.25, 0.3) is 21.9 Å². The number of aromatic nitrogens is 2. The second-order valence-electron chi connectivity index (χ2n) is 7.23. The normalized spacial score (nSPS) is 14.0. The van der Waals surface area contributed by atoms with Gasteiger partial charge in [0.25, 0.3) is 5.56 Å². The number of carbonyl (C=O) groups is 1. The molecule has 0 amide bonds. The molecule has 3 aromatic rings. The molecule has 1 fully saturated rings. The van der Waals surface area contributed by atoms with Crippen LogP contribution in [-0.4, -0.2) is 56.4 Å². The molecule has 1 saturated heterocycles. The fourth-order valence-corrected chi connectivity index (χ4v) is 3.92. The van der Waals surface area contributed by atoms with Crippen molar-refractivity contribution in [1.82, 2.24) is 9.55 Å². The fourth-order valence-electron chi connectivity index (χ4n) is 3.92. The molecular weight excluding hydrogens is 398 g/mol. The lowest BCUT2D eigenvalue weighted by Gasteiger charge is -2.28. The highest BCUT2D eigenvalue weighted by molar-refractivity contribution is 5.98. The van der Waals surface area contributed by atoms with Gasteiger partial charge in [-0.1, -0.05) is 0 Å². The Morgan fingerprint density at radius 1 is 1.10 bits per heavy atom. The van der Waals surface area contributed by atoms with E-state index in [0.717, 1.165) is 35.4 Å². The molecule has 8 nitrogen and oxygen atoms in total. The summed E-state index contributed by atoms with van der Waals surface area (Å²) < 4.78 is 18.0. The molecular formula is C23H25N3O5. The zero-order chi connectivity index (χ0) is 22.0. The highest BCUT2D eigenvalue weighted by atomic mass is 16.5. The number of hydrogen-bond donors (Lipinski definition) is 0. The molecule has 1 aliphatic heterocycles. The van der Waals surface area contributed by atoms with Crippen molar-refractivity contribution in [2.24, 2.45) is 0 Å². The van der Waals surface area contributed by atoms with E-state index >= 15 is 0 Å². The SMILES string of the molecule is CCn1cc(-c2cc(OC)c(C=O)c(OC)c2)c2cc(N3CCOCC3)ncc2c1=O. The fraction of sp³-hybridized carbons (Fsp3) is 0.348. The topological polar surface area (TPSA) is 82.9 Å². The number of methoxy groups -OCH3 is 2. The third-order valence-electron chi connectivity index (χ3n) is 5.60. The molecule has 1 aromatic carbocycles. The second kappa shape index (κ2) is 8.77. The molecule has 0 N–H and O–H groups in total. The Morgan fingerprint density at radius 3 is 2.35 bits per heavy atom.